The van der Waals surface area contributed by atoms with Crippen molar-refractivity contribution in [2.24, 2.45) is 5.41 Å². The number of nitriles is 1. The fourth-order valence-electron chi connectivity index (χ4n) is 1.74. The first-order valence-electron chi connectivity index (χ1n) is 5.59. The summed E-state index contributed by atoms with van der Waals surface area (Å²) in [6.07, 6.45) is 2.21. The molecule has 0 spiro atoms. The second-order valence-corrected chi connectivity index (χ2v) is 4.57. The van der Waals surface area contributed by atoms with Gasteiger partial charge in [0.25, 0.3) is 0 Å². The maximum Gasteiger partial charge on any atom is 0.339 e. The summed E-state index contributed by atoms with van der Waals surface area (Å²) >= 11 is 0. The lowest BCUT2D eigenvalue weighted by molar-refractivity contribution is 0.0690. The number of hydrogen-bond donors (Lipinski definition) is 1. The molecule has 5 heteroatoms. The van der Waals surface area contributed by atoms with Crippen LogP contribution in [0, 0.1) is 22.6 Å². The number of halogens is 1. The van der Waals surface area contributed by atoms with Crippen LogP contribution in [0.4, 0.5) is 4.39 Å². The lowest BCUT2D eigenvalue weighted by Gasteiger charge is -2.14. The maximum atomic E-state index is 13.0. The molecule has 1 fully saturated rings. The molecule has 1 aliphatic rings. The van der Waals surface area contributed by atoms with Gasteiger partial charge in [-0.1, -0.05) is 0 Å². The predicted molar refractivity (Wildman–Crippen MR) is 60.8 cm³/mol. The predicted octanol–water partition coefficient (Wildman–Crippen LogP) is 2.60. The van der Waals surface area contributed by atoms with E-state index in [9.17, 15) is 9.18 Å². The Kier molecular flexibility index (Phi) is 3.19. The van der Waals surface area contributed by atoms with E-state index in [4.69, 9.17) is 15.1 Å². The maximum absolute atomic E-state index is 13.0. The molecule has 0 radical (unpaired) electrons. The van der Waals surface area contributed by atoms with Crippen LogP contribution < -0.4 is 4.74 Å². The molecule has 0 aliphatic heterocycles. The molecule has 0 aromatic heterocycles. The number of rotatable bonds is 5. The third kappa shape index (κ3) is 2.59. The zero-order valence-electron chi connectivity index (χ0n) is 9.65. The summed E-state index contributed by atoms with van der Waals surface area (Å²) in [5.41, 5.74) is -0.332. The third-order valence-corrected chi connectivity index (χ3v) is 3.12. The smallest absolute Gasteiger partial charge is 0.339 e. The molecule has 1 aliphatic carbocycles. The zero-order valence-corrected chi connectivity index (χ0v) is 9.65. The van der Waals surface area contributed by atoms with Gasteiger partial charge in [-0.25, -0.2) is 9.18 Å². The Bertz CT molecular complexity index is 517. The number of hydrogen-bond acceptors (Lipinski definition) is 3. The molecule has 1 aromatic rings. The largest absolute Gasteiger partial charge is 0.492 e. The quantitative estimate of drug-likeness (QED) is 0.870. The Morgan fingerprint density at radius 1 is 1.56 bits per heavy atom. The molecule has 0 bridgehead atoms. The molecule has 0 atom stereocenters. The molecular formula is C13H12FNO3. The van der Waals surface area contributed by atoms with E-state index >= 15 is 0 Å². The van der Waals surface area contributed by atoms with Gasteiger partial charge in [-0.3, -0.25) is 0 Å². The number of ether oxygens (including phenoxy) is 1. The fourth-order valence-corrected chi connectivity index (χ4v) is 1.74. The molecule has 94 valence electrons. The first-order valence-corrected chi connectivity index (χ1v) is 5.59. The van der Waals surface area contributed by atoms with Crippen LogP contribution in [0.3, 0.4) is 0 Å². The number of nitrogens with zero attached hydrogens (tertiary/aromatic N) is 1. The molecule has 0 saturated heterocycles. The molecule has 18 heavy (non-hydrogen) atoms. The van der Waals surface area contributed by atoms with Crippen molar-refractivity contribution in [1.82, 2.24) is 0 Å². The number of aromatic carboxylic acids is 1. The monoisotopic (exact) mass is 249 g/mol. The van der Waals surface area contributed by atoms with Crippen LogP contribution in [0.1, 0.15) is 29.6 Å². The number of carboxylic acid groups (broad SMARTS) is 1. The lowest BCUT2D eigenvalue weighted by atomic mass is 10.1. The summed E-state index contributed by atoms with van der Waals surface area (Å²) in [5.74, 6) is -1.69. The van der Waals surface area contributed by atoms with E-state index in [0.717, 1.165) is 25.0 Å². The van der Waals surface area contributed by atoms with E-state index in [0.29, 0.717) is 13.0 Å². The van der Waals surface area contributed by atoms with Crippen LogP contribution in [0.15, 0.2) is 18.2 Å². The standard InChI is InChI=1S/C13H12FNO3/c14-9-1-2-11(10(7-9)12(16)17)18-8-13(3-4-13)5-6-15/h1-2,7H,3-5,8H2,(H,16,17). The minimum absolute atomic E-state index is 0.140. The molecule has 1 aromatic carbocycles. The van der Waals surface area contributed by atoms with Gasteiger partial charge in [-0.15, -0.1) is 0 Å². The van der Waals surface area contributed by atoms with Crippen molar-refractivity contribution in [3.8, 4) is 11.8 Å². The molecule has 1 N–H and O–H groups in total. The summed E-state index contributed by atoms with van der Waals surface area (Å²) in [6.45, 7) is 0.298. The van der Waals surface area contributed by atoms with Gasteiger partial charge >= 0.3 is 5.97 Å². The van der Waals surface area contributed by atoms with Crippen molar-refractivity contribution in [3.63, 3.8) is 0 Å². The van der Waals surface area contributed by atoms with Gasteiger partial charge in [0.2, 0.25) is 0 Å². The zero-order chi connectivity index (χ0) is 13.2. The lowest BCUT2D eigenvalue weighted by Crippen LogP contribution is -2.14. The number of carbonyl (C=O) groups is 1. The van der Waals surface area contributed by atoms with E-state index in [-0.39, 0.29) is 16.7 Å². The molecule has 2 rings (SSSR count). The van der Waals surface area contributed by atoms with Gasteiger partial charge < -0.3 is 9.84 Å². The first-order chi connectivity index (χ1) is 8.56. The van der Waals surface area contributed by atoms with Gasteiger partial charge in [-0.2, -0.15) is 5.26 Å². The summed E-state index contributed by atoms with van der Waals surface area (Å²) in [7, 11) is 0. The second-order valence-electron chi connectivity index (χ2n) is 4.57. The average Bonchev–Trinajstić information content (AvgIpc) is 3.08. The van der Waals surface area contributed by atoms with Gasteiger partial charge in [0.05, 0.1) is 12.7 Å². The minimum Gasteiger partial charge on any atom is -0.492 e. The average molecular weight is 249 g/mol. The van der Waals surface area contributed by atoms with Crippen molar-refractivity contribution in [2.45, 2.75) is 19.3 Å². The Morgan fingerprint density at radius 3 is 2.83 bits per heavy atom. The van der Waals surface area contributed by atoms with Crippen molar-refractivity contribution in [2.75, 3.05) is 6.61 Å². The molecular weight excluding hydrogens is 237 g/mol. The second kappa shape index (κ2) is 4.65. The summed E-state index contributed by atoms with van der Waals surface area (Å²) in [4.78, 5) is 10.9. The Balaban J connectivity index is 2.10. The van der Waals surface area contributed by atoms with Crippen molar-refractivity contribution in [3.05, 3.63) is 29.6 Å². The SMILES string of the molecule is N#CCC1(COc2ccc(F)cc2C(=O)O)CC1. The van der Waals surface area contributed by atoms with Crippen LogP contribution in [-0.2, 0) is 0 Å². The molecule has 1 saturated carbocycles. The van der Waals surface area contributed by atoms with Crippen molar-refractivity contribution in [1.29, 1.82) is 5.26 Å². The summed E-state index contributed by atoms with van der Waals surface area (Å²) in [5, 5.41) is 17.6. The van der Waals surface area contributed by atoms with Gasteiger partial charge in [-0.05, 0) is 31.0 Å². The Morgan fingerprint density at radius 2 is 2.28 bits per heavy atom. The van der Waals surface area contributed by atoms with Crippen LogP contribution >= 0.6 is 0 Å². The molecule has 0 amide bonds. The highest BCUT2D eigenvalue weighted by atomic mass is 19.1. The normalized spacial score (nSPS) is 15.8. The van der Waals surface area contributed by atoms with E-state index in [1.54, 1.807) is 0 Å². The van der Waals surface area contributed by atoms with Crippen molar-refractivity contribution < 1.29 is 19.0 Å². The van der Waals surface area contributed by atoms with Crippen LogP contribution in [0.2, 0.25) is 0 Å². The van der Waals surface area contributed by atoms with E-state index in [1.165, 1.54) is 6.07 Å². The summed E-state index contributed by atoms with van der Waals surface area (Å²) < 4.78 is 18.4. The van der Waals surface area contributed by atoms with Gasteiger partial charge in [0, 0.05) is 11.8 Å². The topological polar surface area (TPSA) is 70.3 Å². The van der Waals surface area contributed by atoms with E-state index < -0.39 is 11.8 Å². The molecule has 4 nitrogen and oxygen atoms in total. The fraction of sp³-hybridized carbons (Fsp3) is 0.385. The van der Waals surface area contributed by atoms with Crippen LogP contribution in [-0.4, -0.2) is 17.7 Å². The Labute approximate surface area is 104 Å². The van der Waals surface area contributed by atoms with Crippen LogP contribution in [0.5, 0.6) is 5.75 Å². The number of carboxylic acids is 1. The third-order valence-electron chi connectivity index (χ3n) is 3.12. The highest BCUT2D eigenvalue weighted by molar-refractivity contribution is 5.90. The van der Waals surface area contributed by atoms with Crippen molar-refractivity contribution >= 4 is 5.97 Å². The first kappa shape index (κ1) is 12.4. The van der Waals surface area contributed by atoms with Gasteiger partial charge in [0.15, 0.2) is 0 Å². The minimum atomic E-state index is -1.23. The molecule has 0 unspecified atom stereocenters. The molecule has 0 heterocycles. The highest BCUT2D eigenvalue weighted by Crippen LogP contribution is 2.48. The van der Waals surface area contributed by atoms with Crippen LogP contribution in [0.25, 0.3) is 0 Å². The summed E-state index contributed by atoms with van der Waals surface area (Å²) in [6, 6.07) is 5.49. The Hall–Kier alpha value is -2.09. The van der Waals surface area contributed by atoms with E-state index in [1.807, 2.05) is 0 Å². The van der Waals surface area contributed by atoms with E-state index in [2.05, 4.69) is 6.07 Å². The highest BCUT2D eigenvalue weighted by Gasteiger charge is 2.43. The van der Waals surface area contributed by atoms with Gasteiger partial charge in [0.1, 0.15) is 17.1 Å². The number of benzene rings is 1.